The van der Waals surface area contributed by atoms with Gasteiger partial charge in [-0.2, -0.15) is 0 Å². The Labute approximate surface area is 211 Å². The van der Waals surface area contributed by atoms with E-state index in [9.17, 15) is 9.59 Å². The maximum Gasteiger partial charge on any atom is 0.242 e. The number of nitrogens with zero attached hydrogens (tertiary/aromatic N) is 1. The van der Waals surface area contributed by atoms with E-state index in [1.165, 1.54) is 0 Å². The fourth-order valence-electron chi connectivity index (χ4n) is 3.76. The number of halogens is 1. The molecule has 3 aromatic rings. The van der Waals surface area contributed by atoms with Crippen molar-refractivity contribution in [3.63, 3.8) is 0 Å². The molecule has 2 amide bonds. The van der Waals surface area contributed by atoms with Gasteiger partial charge in [0.2, 0.25) is 11.8 Å². The van der Waals surface area contributed by atoms with Crippen LogP contribution in [0.15, 0.2) is 72.8 Å². The van der Waals surface area contributed by atoms with E-state index in [1.807, 2.05) is 60.7 Å². The number of nitrogens with one attached hydrogen (secondary N) is 1. The second-order valence-corrected chi connectivity index (χ2v) is 8.65. The molecule has 0 aliphatic carbocycles. The summed E-state index contributed by atoms with van der Waals surface area (Å²) < 4.78 is 10.6. The molecule has 3 rings (SSSR count). The molecule has 0 aromatic heterocycles. The summed E-state index contributed by atoms with van der Waals surface area (Å²) in [7, 11) is 3.18. The average molecular weight is 495 g/mol. The van der Waals surface area contributed by atoms with Gasteiger partial charge in [0.1, 0.15) is 6.04 Å². The van der Waals surface area contributed by atoms with Crippen molar-refractivity contribution in [2.24, 2.45) is 0 Å². The molecule has 0 radical (unpaired) electrons. The number of hydrogen-bond donors (Lipinski definition) is 1. The zero-order valence-electron chi connectivity index (χ0n) is 20.3. The highest BCUT2D eigenvalue weighted by Crippen LogP contribution is 2.27. The monoisotopic (exact) mass is 494 g/mol. The van der Waals surface area contributed by atoms with E-state index in [1.54, 1.807) is 38.2 Å². The van der Waals surface area contributed by atoms with Crippen LogP contribution in [-0.2, 0) is 29.0 Å². The molecule has 1 N–H and O–H groups in total. The van der Waals surface area contributed by atoms with Crippen LogP contribution in [0.3, 0.4) is 0 Å². The summed E-state index contributed by atoms with van der Waals surface area (Å²) in [6, 6.07) is 21.9. The Balaban J connectivity index is 1.67. The molecule has 184 valence electrons. The Morgan fingerprint density at radius 2 is 1.54 bits per heavy atom. The van der Waals surface area contributed by atoms with Crippen LogP contribution in [0.1, 0.15) is 23.6 Å². The first-order chi connectivity index (χ1) is 16.9. The fraction of sp³-hybridized carbons (Fsp3) is 0.286. The normalized spacial score (nSPS) is 11.4. The zero-order valence-corrected chi connectivity index (χ0v) is 21.0. The van der Waals surface area contributed by atoms with Crippen LogP contribution in [0.5, 0.6) is 11.5 Å². The average Bonchev–Trinajstić information content (AvgIpc) is 2.88. The van der Waals surface area contributed by atoms with Gasteiger partial charge in [-0.3, -0.25) is 9.59 Å². The van der Waals surface area contributed by atoms with Gasteiger partial charge in [-0.1, -0.05) is 60.1 Å². The molecule has 0 aliphatic rings. The molecular formula is C28H31ClN2O4. The molecule has 3 aromatic carbocycles. The molecule has 6 nitrogen and oxygen atoms in total. The van der Waals surface area contributed by atoms with Crippen molar-refractivity contribution in [2.45, 2.75) is 32.4 Å². The number of amides is 2. The fourth-order valence-corrected chi connectivity index (χ4v) is 3.88. The minimum Gasteiger partial charge on any atom is -0.493 e. The zero-order chi connectivity index (χ0) is 25.2. The SMILES string of the molecule is COc1ccc(CCNC(=O)C(C)N(Cc2ccc(Cl)cc2)C(=O)Cc2ccccc2)cc1OC. The van der Waals surface area contributed by atoms with Crippen molar-refractivity contribution < 1.29 is 19.1 Å². The molecule has 0 saturated heterocycles. The second-order valence-electron chi connectivity index (χ2n) is 8.22. The highest BCUT2D eigenvalue weighted by atomic mass is 35.5. The van der Waals surface area contributed by atoms with Crippen LogP contribution in [0, 0.1) is 0 Å². The summed E-state index contributed by atoms with van der Waals surface area (Å²) in [6.45, 7) is 2.50. The summed E-state index contributed by atoms with van der Waals surface area (Å²) in [5, 5.41) is 3.59. The molecule has 1 atom stereocenters. The van der Waals surface area contributed by atoms with Crippen LogP contribution in [0.2, 0.25) is 5.02 Å². The maximum atomic E-state index is 13.3. The van der Waals surface area contributed by atoms with Gasteiger partial charge in [0.25, 0.3) is 0 Å². The topological polar surface area (TPSA) is 67.9 Å². The largest absolute Gasteiger partial charge is 0.493 e. The number of carbonyl (C=O) groups excluding carboxylic acids is 2. The molecule has 0 saturated carbocycles. The first kappa shape index (κ1) is 26.1. The van der Waals surface area contributed by atoms with Gasteiger partial charge in [-0.05, 0) is 54.3 Å². The third kappa shape index (κ3) is 7.49. The van der Waals surface area contributed by atoms with Gasteiger partial charge < -0.3 is 19.7 Å². The Hall–Kier alpha value is -3.51. The van der Waals surface area contributed by atoms with Crippen LogP contribution < -0.4 is 14.8 Å². The van der Waals surface area contributed by atoms with Gasteiger partial charge >= 0.3 is 0 Å². The van der Waals surface area contributed by atoms with Crippen LogP contribution in [0.4, 0.5) is 0 Å². The van der Waals surface area contributed by atoms with Crippen LogP contribution in [0.25, 0.3) is 0 Å². The lowest BCUT2D eigenvalue weighted by atomic mass is 10.1. The quantitative estimate of drug-likeness (QED) is 0.420. The lowest BCUT2D eigenvalue weighted by molar-refractivity contribution is -0.140. The molecule has 35 heavy (non-hydrogen) atoms. The van der Waals surface area contributed by atoms with E-state index in [2.05, 4.69) is 5.32 Å². The van der Waals surface area contributed by atoms with Crippen LogP contribution >= 0.6 is 11.6 Å². The van der Waals surface area contributed by atoms with Gasteiger partial charge in [-0.15, -0.1) is 0 Å². The van der Waals surface area contributed by atoms with E-state index in [0.29, 0.717) is 36.0 Å². The molecular weight excluding hydrogens is 464 g/mol. The van der Waals surface area contributed by atoms with Gasteiger partial charge in [0.05, 0.1) is 20.6 Å². The van der Waals surface area contributed by atoms with E-state index >= 15 is 0 Å². The summed E-state index contributed by atoms with van der Waals surface area (Å²) in [4.78, 5) is 27.9. The van der Waals surface area contributed by atoms with Crippen LogP contribution in [-0.4, -0.2) is 43.5 Å². The van der Waals surface area contributed by atoms with Crippen molar-refractivity contribution in [1.82, 2.24) is 10.2 Å². The number of carbonyl (C=O) groups is 2. The van der Waals surface area contributed by atoms with Crippen molar-refractivity contribution >= 4 is 23.4 Å². The molecule has 0 bridgehead atoms. The third-order valence-corrected chi connectivity index (χ3v) is 6.04. The number of ether oxygens (including phenoxy) is 2. The van der Waals surface area contributed by atoms with Gasteiger partial charge in [-0.25, -0.2) is 0 Å². The minimum absolute atomic E-state index is 0.117. The highest BCUT2D eigenvalue weighted by molar-refractivity contribution is 6.30. The Bertz CT molecular complexity index is 1120. The molecule has 0 heterocycles. The van der Waals surface area contributed by atoms with Gasteiger partial charge in [0.15, 0.2) is 11.5 Å². The van der Waals surface area contributed by atoms with Crippen molar-refractivity contribution in [3.05, 3.63) is 94.5 Å². The minimum atomic E-state index is -0.646. The van der Waals surface area contributed by atoms with Crippen molar-refractivity contribution in [3.8, 4) is 11.5 Å². The number of methoxy groups -OCH3 is 2. The summed E-state index contributed by atoms with van der Waals surface area (Å²) in [5.74, 6) is 0.976. The van der Waals surface area contributed by atoms with Gasteiger partial charge in [0, 0.05) is 18.1 Å². The molecule has 1 unspecified atom stereocenters. The Kier molecular flexibility index (Phi) is 9.56. The molecule has 7 heteroatoms. The number of benzene rings is 3. The molecule has 0 fully saturated rings. The summed E-state index contributed by atoms with van der Waals surface area (Å²) in [6.07, 6.45) is 0.839. The summed E-state index contributed by atoms with van der Waals surface area (Å²) >= 11 is 6.02. The first-order valence-electron chi connectivity index (χ1n) is 11.5. The predicted molar refractivity (Wildman–Crippen MR) is 138 cm³/mol. The Morgan fingerprint density at radius 3 is 2.20 bits per heavy atom. The number of rotatable bonds is 11. The van der Waals surface area contributed by atoms with Crippen molar-refractivity contribution in [1.29, 1.82) is 0 Å². The predicted octanol–water partition coefficient (Wildman–Crippen LogP) is 4.68. The first-order valence-corrected chi connectivity index (χ1v) is 11.9. The standard InChI is InChI=1S/C28H31ClN2O4/c1-20(28(33)30-16-15-22-11-14-25(34-2)26(17-22)35-3)31(19-23-9-12-24(29)13-10-23)27(32)18-21-7-5-4-6-8-21/h4-14,17,20H,15-16,18-19H2,1-3H3,(H,30,33). The lowest BCUT2D eigenvalue weighted by Gasteiger charge is -2.29. The van der Waals surface area contributed by atoms with Crippen molar-refractivity contribution in [2.75, 3.05) is 20.8 Å². The van der Waals surface area contributed by atoms with E-state index < -0.39 is 6.04 Å². The molecule has 0 aliphatic heterocycles. The number of hydrogen-bond acceptors (Lipinski definition) is 4. The highest BCUT2D eigenvalue weighted by Gasteiger charge is 2.26. The maximum absolute atomic E-state index is 13.3. The van der Waals surface area contributed by atoms with E-state index in [0.717, 1.165) is 16.7 Å². The second kappa shape index (κ2) is 12.8. The third-order valence-electron chi connectivity index (χ3n) is 5.79. The molecule has 0 spiro atoms. The lowest BCUT2D eigenvalue weighted by Crippen LogP contribution is -2.48. The van der Waals surface area contributed by atoms with E-state index in [4.69, 9.17) is 21.1 Å². The summed E-state index contributed by atoms with van der Waals surface area (Å²) in [5.41, 5.74) is 2.81. The van der Waals surface area contributed by atoms with E-state index in [-0.39, 0.29) is 18.2 Å². The Morgan fingerprint density at radius 1 is 0.886 bits per heavy atom. The smallest absolute Gasteiger partial charge is 0.242 e.